The van der Waals surface area contributed by atoms with E-state index in [9.17, 15) is 18.0 Å². The van der Waals surface area contributed by atoms with E-state index >= 15 is 0 Å². The summed E-state index contributed by atoms with van der Waals surface area (Å²) in [5.74, 6) is 0.233. The van der Waals surface area contributed by atoms with Crippen molar-refractivity contribution in [1.82, 2.24) is 15.5 Å². The summed E-state index contributed by atoms with van der Waals surface area (Å²) in [6.45, 7) is 2.27. The molecule has 2 N–H and O–H groups in total. The van der Waals surface area contributed by atoms with Crippen molar-refractivity contribution in [3.8, 4) is 0 Å². The number of sulfone groups is 1. The zero-order chi connectivity index (χ0) is 17.7. The predicted molar refractivity (Wildman–Crippen MR) is 90.7 cm³/mol. The minimum absolute atomic E-state index is 0.0651. The molecule has 0 saturated carbocycles. The molecule has 0 aromatic heterocycles. The normalized spacial score (nSPS) is 26.7. The smallest absolute Gasteiger partial charge is 0.317 e. The van der Waals surface area contributed by atoms with Crippen LogP contribution in [-0.4, -0.2) is 50.6 Å². The largest absolute Gasteiger partial charge is 0.355 e. The van der Waals surface area contributed by atoms with Gasteiger partial charge in [0.2, 0.25) is 5.91 Å². The molecule has 1 aromatic rings. The third-order valence-corrected chi connectivity index (χ3v) is 7.28. The van der Waals surface area contributed by atoms with Crippen LogP contribution in [0, 0.1) is 5.41 Å². The SMILES string of the molecule is O=C1CC2(CCN(C(=O)NCc3ccc4c(c3)CCS4(=O)=O)C2)CN1. The van der Waals surface area contributed by atoms with Gasteiger partial charge in [-0.25, -0.2) is 13.2 Å². The molecule has 2 saturated heterocycles. The number of rotatable bonds is 2. The highest BCUT2D eigenvalue weighted by molar-refractivity contribution is 7.91. The lowest BCUT2D eigenvalue weighted by Gasteiger charge is -2.22. The van der Waals surface area contributed by atoms with Crippen LogP contribution in [0.5, 0.6) is 0 Å². The maximum absolute atomic E-state index is 12.4. The van der Waals surface area contributed by atoms with Gasteiger partial charge in [0.25, 0.3) is 0 Å². The topological polar surface area (TPSA) is 95.6 Å². The molecule has 3 aliphatic heterocycles. The second-order valence-corrected chi connectivity index (χ2v) is 9.37. The van der Waals surface area contributed by atoms with Crippen molar-refractivity contribution in [3.05, 3.63) is 29.3 Å². The summed E-state index contributed by atoms with van der Waals surface area (Å²) in [6.07, 6.45) is 1.88. The highest BCUT2D eigenvalue weighted by Gasteiger charge is 2.45. The fourth-order valence-corrected chi connectivity index (χ4v) is 5.58. The van der Waals surface area contributed by atoms with Gasteiger partial charge >= 0.3 is 6.03 Å². The molecule has 0 radical (unpaired) electrons. The van der Waals surface area contributed by atoms with Crippen LogP contribution in [-0.2, 0) is 27.6 Å². The Labute approximate surface area is 146 Å². The van der Waals surface area contributed by atoms with Crippen molar-refractivity contribution in [2.45, 2.75) is 30.7 Å². The van der Waals surface area contributed by atoms with Crippen molar-refractivity contribution in [2.24, 2.45) is 5.41 Å². The second kappa shape index (κ2) is 5.72. The van der Waals surface area contributed by atoms with Crippen molar-refractivity contribution in [1.29, 1.82) is 0 Å². The summed E-state index contributed by atoms with van der Waals surface area (Å²) in [6, 6.07) is 5.13. The minimum Gasteiger partial charge on any atom is -0.355 e. The summed E-state index contributed by atoms with van der Waals surface area (Å²) in [4.78, 5) is 26.0. The molecule has 25 heavy (non-hydrogen) atoms. The number of likely N-dealkylation sites (tertiary alicyclic amines) is 1. The summed E-state index contributed by atoms with van der Waals surface area (Å²) in [5, 5.41) is 5.76. The fourth-order valence-electron chi connectivity index (χ4n) is 4.03. The molecular formula is C17H21N3O4S. The average Bonchev–Trinajstić information content (AvgIpc) is 3.24. The van der Waals surface area contributed by atoms with Crippen molar-refractivity contribution < 1.29 is 18.0 Å². The van der Waals surface area contributed by atoms with Crippen LogP contribution >= 0.6 is 0 Å². The minimum atomic E-state index is -3.11. The van der Waals surface area contributed by atoms with E-state index in [-0.39, 0.29) is 23.1 Å². The number of aryl methyl sites for hydroxylation is 1. The van der Waals surface area contributed by atoms with Crippen LogP contribution in [0.15, 0.2) is 23.1 Å². The van der Waals surface area contributed by atoms with Crippen molar-refractivity contribution in [3.63, 3.8) is 0 Å². The van der Waals surface area contributed by atoms with E-state index in [0.717, 1.165) is 17.5 Å². The molecule has 1 atom stereocenters. The number of amides is 3. The Morgan fingerprint density at radius 3 is 2.96 bits per heavy atom. The molecule has 3 amide bonds. The molecule has 7 nitrogen and oxygen atoms in total. The standard InChI is InChI=1S/C17H21N3O4S/c21-15-8-17(10-19-15)4-5-20(11-17)16(22)18-9-12-1-2-14-13(7-12)3-6-25(14,23)24/h1-2,7H,3-6,8-11H2,(H,18,22)(H,19,21). The van der Waals surface area contributed by atoms with E-state index in [0.29, 0.717) is 43.9 Å². The Hall–Kier alpha value is -2.09. The fraction of sp³-hybridized carbons (Fsp3) is 0.529. The Bertz CT molecular complexity index is 851. The molecule has 134 valence electrons. The molecule has 1 spiro atoms. The van der Waals surface area contributed by atoms with Gasteiger partial charge in [-0.15, -0.1) is 0 Å². The molecule has 0 aliphatic carbocycles. The zero-order valence-corrected chi connectivity index (χ0v) is 14.7. The molecule has 1 unspecified atom stereocenters. The first-order valence-corrected chi connectivity index (χ1v) is 10.2. The van der Waals surface area contributed by atoms with E-state index in [1.54, 1.807) is 17.0 Å². The predicted octanol–water partition coefficient (Wildman–Crippen LogP) is 0.438. The lowest BCUT2D eigenvalue weighted by Crippen LogP contribution is -2.40. The van der Waals surface area contributed by atoms with Crippen LogP contribution in [0.25, 0.3) is 0 Å². The van der Waals surface area contributed by atoms with Gasteiger partial charge < -0.3 is 15.5 Å². The van der Waals surface area contributed by atoms with Crippen molar-refractivity contribution >= 4 is 21.8 Å². The van der Waals surface area contributed by atoms with Crippen LogP contribution in [0.4, 0.5) is 4.79 Å². The van der Waals surface area contributed by atoms with Gasteiger partial charge in [0.05, 0.1) is 10.6 Å². The number of benzene rings is 1. The summed E-state index contributed by atoms with van der Waals surface area (Å²) < 4.78 is 23.7. The Morgan fingerprint density at radius 1 is 1.36 bits per heavy atom. The third kappa shape index (κ3) is 2.99. The highest BCUT2D eigenvalue weighted by Crippen LogP contribution is 2.36. The monoisotopic (exact) mass is 363 g/mol. The first-order valence-electron chi connectivity index (χ1n) is 8.51. The Kier molecular flexibility index (Phi) is 3.75. The molecule has 1 aromatic carbocycles. The maximum atomic E-state index is 12.4. The first kappa shape index (κ1) is 16.4. The third-order valence-electron chi connectivity index (χ3n) is 5.47. The first-order chi connectivity index (χ1) is 11.9. The second-order valence-electron chi connectivity index (χ2n) is 7.29. The van der Waals surface area contributed by atoms with Gasteiger partial charge in [0.15, 0.2) is 9.84 Å². The molecule has 8 heteroatoms. The Balaban J connectivity index is 1.36. The van der Waals surface area contributed by atoms with E-state index in [1.807, 2.05) is 6.07 Å². The van der Waals surface area contributed by atoms with Gasteiger partial charge in [-0.3, -0.25) is 4.79 Å². The summed E-state index contributed by atoms with van der Waals surface area (Å²) in [7, 11) is -3.11. The maximum Gasteiger partial charge on any atom is 0.317 e. The number of carbonyl (C=O) groups excluding carboxylic acids is 2. The quantitative estimate of drug-likeness (QED) is 0.797. The van der Waals surface area contributed by atoms with Crippen LogP contribution in [0.2, 0.25) is 0 Å². The number of carbonyl (C=O) groups is 2. The zero-order valence-electron chi connectivity index (χ0n) is 13.9. The lowest BCUT2D eigenvalue weighted by molar-refractivity contribution is -0.119. The summed E-state index contributed by atoms with van der Waals surface area (Å²) in [5.41, 5.74) is 1.63. The van der Waals surface area contributed by atoms with Gasteiger partial charge in [0, 0.05) is 38.0 Å². The number of nitrogens with one attached hydrogen (secondary N) is 2. The van der Waals surface area contributed by atoms with E-state index < -0.39 is 9.84 Å². The summed E-state index contributed by atoms with van der Waals surface area (Å²) >= 11 is 0. The van der Waals surface area contributed by atoms with Gasteiger partial charge in [-0.2, -0.15) is 0 Å². The molecule has 2 fully saturated rings. The van der Waals surface area contributed by atoms with Gasteiger partial charge in [-0.1, -0.05) is 12.1 Å². The highest BCUT2D eigenvalue weighted by atomic mass is 32.2. The molecule has 0 bridgehead atoms. The van der Waals surface area contributed by atoms with E-state index in [4.69, 9.17) is 0 Å². The number of fused-ring (bicyclic) bond motifs is 1. The van der Waals surface area contributed by atoms with Gasteiger partial charge in [-0.05, 0) is 30.0 Å². The lowest BCUT2D eigenvalue weighted by atomic mass is 9.86. The van der Waals surface area contributed by atoms with Crippen LogP contribution in [0.3, 0.4) is 0 Å². The Morgan fingerprint density at radius 2 is 2.20 bits per heavy atom. The van der Waals surface area contributed by atoms with Crippen LogP contribution < -0.4 is 10.6 Å². The molecule has 3 heterocycles. The van der Waals surface area contributed by atoms with E-state index in [1.165, 1.54) is 0 Å². The van der Waals surface area contributed by atoms with E-state index in [2.05, 4.69) is 10.6 Å². The van der Waals surface area contributed by atoms with Crippen LogP contribution in [0.1, 0.15) is 24.0 Å². The number of hydrogen-bond donors (Lipinski definition) is 2. The number of urea groups is 1. The van der Waals surface area contributed by atoms with Gasteiger partial charge in [0.1, 0.15) is 0 Å². The molecular weight excluding hydrogens is 342 g/mol. The average molecular weight is 363 g/mol. The number of hydrogen-bond acceptors (Lipinski definition) is 4. The molecule has 4 rings (SSSR count). The number of nitrogens with zero attached hydrogens (tertiary/aromatic N) is 1. The van der Waals surface area contributed by atoms with Crippen molar-refractivity contribution in [2.75, 3.05) is 25.4 Å². The molecule has 3 aliphatic rings.